The monoisotopic (exact) mass is 537 g/mol. The van der Waals surface area contributed by atoms with E-state index in [1.165, 1.54) is 29.2 Å². The fourth-order valence-corrected chi connectivity index (χ4v) is 5.79. The van der Waals surface area contributed by atoms with Crippen LogP contribution in [0.2, 0.25) is 0 Å². The number of sulfone groups is 1. The number of carbonyl (C=O) groups excluding carboxylic acids is 2. The number of anilines is 1. The molecular formula is C30H39N3O4S. The van der Waals surface area contributed by atoms with Gasteiger partial charge in [0.25, 0.3) is 0 Å². The van der Waals surface area contributed by atoms with Crippen molar-refractivity contribution in [1.29, 1.82) is 0 Å². The van der Waals surface area contributed by atoms with Crippen molar-refractivity contribution in [2.75, 3.05) is 4.90 Å². The second kappa shape index (κ2) is 11.8. The van der Waals surface area contributed by atoms with Gasteiger partial charge in [-0.3, -0.25) is 9.59 Å². The maximum atomic E-state index is 13.6. The van der Waals surface area contributed by atoms with E-state index in [1.54, 1.807) is 6.92 Å². The Labute approximate surface area is 226 Å². The molecule has 0 aliphatic carbocycles. The molecule has 0 saturated carbocycles. The van der Waals surface area contributed by atoms with Gasteiger partial charge in [0, 0.05) is 22.7 Å². The van der Waals surface area contributed by atoms with E-state index in [2.05, 4.69) is 0 Å². The van der Waals surface area contributed by atoms with Gasteiger partial charge in [-0.2, -0.15) is 0 Å². The fraction of sp³-hybridized carbons (Fsp3) is 0.400. The van der Waals surface area contributed by atoms with Crippen LogP contribution in [0.15, 0.2) is 71.6 Å². The molecule has 3 aromatic carbocycles. The van der Waals surface area contributed by atoms with Crippen LogP contribution in [0.4, 0.5) is 5.69 Å². The van der Waals surface area contributed by atoms with Crippen LogP contribution in [0.3, 0.4) is 0 Å². The van der Waals surface area contributed by atoms with Gasteiger partial charge in [0.1, 0.15) is 5.37 Å². The zero-order valence-electron chi connectivity index (χ0n) is 22.8. The van der Waals surface area contributed by atoms with E-state index >= 15 is 0 Å². The lowest BCUT2D eigenvalue weighted by atomic mass is 9.92. The van der Waals surface area contributed by atoms with Gasteiger partial charge in [0.2, 0.25) is 5.91 Å². The summed E-state index contributed by atoms with van der Waals surface area (Å²) >= 11 is 0. The van der Waals surface area contributed by atoms with E-state index in [4.69, 9.17) is 11.5 Å². The summed E-state index contributed by atoms with van der Waals surface area (Å²) in [7, 11) is -3.87. The first-order valence-electron chi connectivity index (χ1n) is 13.0. The first kappa shape index (κ1) is 29.5. The molecule has 3 atom stereocenters. The average molecular weight is 538 g/mol. The molecule has 1 amide bonds. The Morgan fingerprint density at radius 2 is 1.53 bits per heavy atom. The van der Waals surface area contributed by atoms with Gasteiger partial charge in [0.05, 0.1) is 10.9 Å². The molecule has 4 N–H and O–H groups in total. The molecule has 0 saturated heterocycles. The minimum atomic E-state index is -3.87. The molecule has 3 aromatic rings. The first-order valence-corrected chi connectivity index (χ1v) is 14.6. The molecule has 0 fully saturated rings. The summed E-state index contributed by atoms with van der Waals surface area (Å²) in [6.07, 6.45) is 2.19. The van der Waals surface area contributed by atoms with Crippen molar-refractivity contribution in [2.24, 2.45) is 16.9 Å². The Morgan fingerprint density at radius 1 is 0.921 bits per heavy atom. The van der Waals surface area contributed by atoms with Gasteiger partial charge in [-0.15, -0.1) is 0 Å². The van der Waals surface area contributed by atoms with Gasteiger partial charge >= 0.3 is 0 Å². The molecule has 0 aromatic heterocycles. The van der Waals surface area contributed by atoms with Crippen molar-refractivity contribution in [1.82, 2.24) is 0 Å². The second-order valence-corrected chi connectivity index (χ2v) is 12.9. The minimum absolute atomic E-state index is 0.0123. The number of rotatable bonds is 10. The number of hydrogen-bond acceptors (Lipinski definition) is 6. The minimum Gasteiger partial charge on any atom is -0.325 e. The third-order valence-electron chi connectivity index (χ3n) is 6.78. The van der Waals surface area contributed by atoms with Gasteiger partial charge < -0.3 is 16.4 Å². The Balaban J connectivity index is 1.92. The highest BCUT2D eigenvalue weighted by atomic mass is 32.2. The molecule has 0 aliphatic heterocycles. The van der Waals surface area contributed by atoms with E-state index in [1.807, 2.05) is 70.2 Å². The molecule has 7 nitrogen and oxygen atoms in total. The quantitative estimate of drug-likeness (QED) is 0.348. The van der Waals surface area contributed by atoms with Crippen LogP contribution in [-0.4, -0.2) is 37.6 Å². The topological polar surface area (TPSA) is 124 Å². The van der Waals surface area contributed by atoms with Crippen LogP contribution in [-0.2, 0) is 14.6 Å². The number of hydrogen-bond donors (Lipinski definition) is 2. The summed E-state index contributed by atoms with van der Waals surface area (Å²) in [4.78, 5) is 28.7. The van der Waals surface area contributed by atoms with Crippen molar-refractivity contribution in [3.8, 4) is 0 Å². The first-order chi connectivity index (χ1) is 17.8. The molecule has 2 unspecified atom stereocenters. The lowest BCUT2D eigenvalue weighted by Crippen LogP contribution is -2.48. The van der Waals surface area contributed by atoms with Crippen molar-refractivity contribution in [2.45, 2.75) is 76.2 Å². The van der Waals surface area contributed by atoms with Gasteiger partial charge in [-0.05, 0) is 48.4 Å². The number of nitrogens with two attached hydrogens (primary N) is 2. The number of benzene rings is 3. The zero-order valence-corrected chi connectivity index (χ0v) is 23.7. The third-order valence-corrected chi connectivity index (χ3v) is 8.77. The zero-order chi connectivity index (χ0) is 28.3. The Hall–Kier alpha value is -3.07. The van der Waals surface area contributed by atoms with E-state index in [0.717, 1.165) is 23.6 Å². The predicted octanol–water partition coefficient (Wildman–Crippen LogP) is 5.07. The SMILES string of the molecule is CCCCC(N)C(N)S(=O)(=O)c1ccc(C(=O)[C@H](C)N(C(=O)C(C)(C)C)c2ccc3ccccc3c2)cc1. The standard InChI is InChI=1S/C30H39N3O4S/c1-6-7-12-26(31)28(32)38(36,37)25-17-14-22(15-18-25)27(34)20(2)33(29(35)30(3,4)5)24-16-13-21-10-8-9-11-23(21)19-24/h8-11,13-20,26,28H,6-7,12,31-32H2,1-5H3/t20-,26?,28?/m0/s1. The van der Waals surface area contributed by atoms with Gasteiger partial charge in [0.15, 0.2) is 15.6 Å². The van der Waals surface area contributed by atoms with Crippen LogP contribution in [0.25, 0.3) is 10.8 Å². The molecule has 8 heteroatoms. The van der Waals surface area contributed by atoms with E-state index in [9.17, 15) is 18.0 Å². The summed E-state index contributed by atoms with van der Waals surface area (Å²) in [5, 5.41) is 0.754. The normalized spacial score (nSPS) is 14.6. The molecule has 38 heavy (non-hydrogen) atoms. The molecule has 0 heterocycles. The summed E-state index contributed by atoms with van der Waals surface area (Å²) in [6.45, 7) is 9.13. The van der Waals surface area contributed by atoms with E-state index in [-0.39, 0.29) is 16.6 Å². The van der Waals surface area contributed by atoms with Crippen LogP contribution >= 0.6 is 0 Å². The number of amides is 1. The molecule has 0 bridgehead atoms. The maximum absolute atomic E-state index is 13.6. The Kier molecular flexibility index (Phi) is 9.13. The molecule has 0 radical (unpaired) electrons. The summed E-state index contributed by atoms with van der Waals surface area (Å²) in [5.74, 6) is -0.497. The highest BCUT2D eigenvalue weighted by Crippen LogP contribution is 2.30. The predicted molar refractivity (Wildman–Crippen MR) is 154 cm³/mol. The number of carbonyl (C=O) groups is 2. The van der Waals surface area contributed by atoms with E-state index in [0.29, 0.717) is 17.7 Å². The number of unbranched alkanes of at least 4 members (excludes halogenated alkanes) is 1. The van der Waals surface area contributed by atoms with Crippen LogP contribution in [0.5, 0.6) is 0 Å². The Morgan fingerprint density at radius 3 is 2.11 bits per heavy atom. The molecule has 204 valence electrons. The number of fused-ring (bicyclic) bond motifs is 1. The van der Waals surface area contributed by atoms with Crippen molar-refractivity contribution >= 4 is 38.0 Å². The largest absolute Gasteiger partial charge is 0.325 e. The van der Waals surface area contributed by atoms with Gasteiger partial charge in [-0.25, -0.2) is 8.42 Å². The summed E-state index contributed by atoms with van der Waals surface area (Å²) in [5.41, 5.74) is 12.2. The number of nitrogens with zero attached hydrogens (tertiary/aromatic N) is 1. The van der Waals surface area contributed by atoms with Crippen LogP contribution in [0, 0.1) is 5.41 Å². The lowest BCUT2D eigenvalue weighted by Gasteiger charge is -2.34. The highest BCUT2D eigenvalue weighted by molar-refractivity contribution is 7.92. The van der Waals surface area contributed by atoms with Crippen molar-refractivity contribution in [3.63, 3.8) is 0 Å². The summed E-state index contributed by atoms with van der Waals surface area (Å²) < 4.78 is 26.0. The van der Waals surface area contributed by atoms with Gasteiger partial charge in [-0.1, -0.05) is 83.0 Å². The summed E-state index contributed by atoms with van der Waals surface area (Å²) in [6, 6.07) is 17.7. The Bertz CT molecular complexity index is 1400. The van der Waals surface area contributed by atoms with Crippen LogP contribution in [0.1, 0.15) is 64.2 Å². The second-order valence-electron chi connectivity index (χ2n) is 10.8. The highest BCUT2D eigenvalue weighted by Gasteiger charge is 2.35. The number of Topliss-reactive ketones (excluding diaryl/α,β-unsaturated/α-hetero) is 1. The smallest absolute Gasteiger partial charge is 0.233 e. The molecule has 0 aliphatic rings. The van der Waals surface area contributed by atoms with Crippen LogP contribution < -0.4 is 16.4 Å². The fourth-order valence-electron chi connectivity index (χ4n) is 4.36. The molecular weight excluding hydrogens is 498 g/mol. The van der Waals surface area contributed by atoms with Crippen molar-refractivity contribution < 1.29 is 18.0 Å². The molecule has 0 spiro atoms. The lowest BCUT2D eigenvalue weighted by molar-refractivity contribution is -0.126. The number of ketones is 1. The van der Waals surface area contributed by atoms with Crippen molar-refractivity contribution in [3.05, 3.63) is 72.3 Å². The molecule has 3 rings (SSSR count). The van der Waals surface area contributed by atoms with E-state index < -0.39 is 32.7 Å². The average Bonchev–Trinajstić information content (AvgIpc) is 2.90. The third kappa shape index (κ3) is 6.31. The maximum Gasteiger partial charge on any atom is 0.233 e.